The first-order valence-corrected chi connectivity index (χ1v) is 4.41. The van der Waals surface area contributed by atoms with E-state index in [4.69, 9.17) is 0 Å². The SMILES string of the molecule is CC#CCCNc1c(F)c(F)nc(F)c1F. The van der Waals surface area contributed by atoms with Gasteiger partial charge >= 0.3 is 0 Å². The van der Waals surface area contributed by atoms with Gasteiger partial charge in [-0.3, -0.25) is 0 Å². The highest BCUT2D eigenvalue weighted by Crippen LogP contribution is 2.21. The summed E-state index contributed by atoms with van der Waals surface area (Å²) in [6, 6.07) is 0. The van der Waals surface area contributed by atoms with Gasteiger partial charge in [0.2, 0.25) is 11.6 Å². The molecule has 86 valence electrons. The van der Waals surface area contributed by atoms with Crippen molar-refractivity contribution < 1.29 is 17.6 Å². The van der Waals surface area contributed by atoms with Crippen molar-refractivity contribution >= 4 is 5.69 Å². The summed E-state index contributed by atoms with van der Waals surface area (Å²) in [6.07, 6.45) is 0.306. The molecule has 0 spiro atoms. The molecule has 0 bridgehead atoms. The molecule has 0 aliphatic rings. The number of halogens is 4. The summed E-state index contributed by atoms with van der Waals surface area (Å²) < 4.78 is 51.3. The van der Waals surface area contributed by atoms with E-state index in [1.54, 1.807) is 6.92 Å². The fourth-order valence-electron chi connectivity index (χ4n) is 1.02. The van der Waals surface area contributed by atoms with Crippen molar-refractivity contribution in [1.82, 2.24) is 4.98 Å². The lowest BCUT2D eigenvalue weighted by Crippen LogP contribution is -2.10. The zero-order valence-corrected chi connectivity index (χ0v) is 8.37. The average Bonchev–Trinajstić information content (AvgIpc) is 2.25. The van der Waals surface area contributed by atoms with E-state index in [2.05, 4.69) is 22.1 Å². The van der Waals surface area contributed by atoms with Crippen molar-refractivity contribution in [3.05, 3.63) is 23.5 Å². The zero-order chi connectivity index (χ0) is 12.1. The van der Waals surface area contributed by atoms with E-state index >= 15 is 0 Å². The van der Waals surface area contributed by atoms with Gasteiger partial charge in [-0.05, 0) is 6.92 Å². The molecular formula is C10H8F4N2. The monoisotopic (exact) mass is 232 g/mol. The molecule has 0 atom stereocenters. The van der Waals surface area contributed by atoms with Gasteiger partial charge in [-0.25, -0.2) is 0 Å². The van der Waals surface area contributed by atoms with Gasteiger partial charge in [-0.15, -0.1) is 11.8 Å². The summed E-state index contributed by atoms with van der Waals surface area (Å²) >= 11 is 0. The minimum absolute atomic E-state index is 0.0809. The van der Waals surface area contributed by atoms with Crippen LogP contribution in [0.5, 0.6) is 0 Å². The second-order valence-electron chi connectivity index (χ2n) is 2.80. The molecular weight excluding hydrogens is 224 g/mol. The van der Waals surface area contributed by atoms with Crippen LogP contribution in [-0.4, -0.2) is 11.5 Å². The summed E-state index contributed by atoms with van der Waals surface area (Å²) in [5.41, 5.74) is -0.858. The molecule has 0 saturated heterocycles. The Morgan fingerprint density at radius 1 is 1.12 bits per heavy atom. The highest BCUT2D eigenvalue weighted by molar-refractivity contribution is 5.45. The van der Waals surface area contributed by atoms with E-state index in [1.807, 2.05) is 0 Å². The number of hydrogen-bond acceptors (Lipinski definition) is 2. The Kier molecular flexibility index (Phi) is 4.11. The van der Waals surface area contributed by atoms with Gasteiger partial charge in [0.05, 0.1) is 0 Å². The molecule has 0 aliphatic heterocycles. The van der Waals surface area contributed by atoms with Crippen molar-refractivity contribution in [2.45, 2.75) is 13.3 Å². The van der Waals surface area contributed by atoms with Crippen LogP contribution in [0.3, 0.4) is 0 Å². The summed E-state index contributed by atoms with van der Waals surface area (Å²) in [7, 11) is 0. The van der Waals surface area contributed by atoms with Gasteiger partial charge in [0, 0.05) is 13.0 Å². The quantitative estimate of drug-likeness (QED) is 0.375. The maximum Gasteiger partial charge on any atom is 0.253 e. The van der Waals surface area contributed by atoms with Crippen molar-refractivity contribution in [2.24, 2.45) is 0 Å². The van der Waals surface area contributed by atoms with E-state index in [-0.39, 0.29) is 6.54 Å². The average molecular weight is 232 g/mol. The normalized spacial score (nSPS) is 9.56. The van der Waals surface area contributed by atoms with E-state index in [0.717, 1.165) is 0 Å². The number of nitrogens with zero attached hydrogens (tertiary/aromatic N) is 1. The summed E-state index contributed by atoms with van der Waals surface area (Å²) in [5.74, 6) is -1.24. The summed E-state index contributed by atoms with van der Waals surface area (Å²) in [5, 5.41) is 2.23. The smallest absolute Gasteiger partial charge is 0.253 e. The fourth-order valence-corrected chi connectivity index (χ4v) is 1.02. The zero-order valence-electron chi connectivity index (χ0n) is 8.37. The van der Waals surface area contributed by atoms with Gasteiger partial charge in [0.1, 0.15) is 5.69 Å². The second kappa shape index (κ2) is 5.35. The molecule has 1 heterocycles. The van der Waals surface area contributed by atoms with E-state index < -0.39 is 29.2 Å². The summed E-state index contributed by atoms with van der Waals surface area (Å²) in [6.45, 7) is 1.69. The van der Waals surface area contributed by atoms with Crippen LogP contribution in [0, 0.1) is 35.4 Å². The first-order valence-electron chi connectivity index (χ1n) is 4.41. The summed E-state index contributed by atoms with van der Waals surface area (Å²) in [4.78, 5) is 2.43. The van der Waals surface area contributed by atoms with E-state index in [0.29, 0.717) is 6.42 Å². The predicted molar refractivity (Wildman–Crippen MR) is 50.6 cm³/mol. The topological polar surface area (TPSA) is 24.9 Å². The van der Waals surface area contributed by atoms with Crippen molar-refractivity contribution in [3.63, 3.8) is 0 Å². The van der Waals surface area contributed by atoms with Crippen molar-refractivity contribution in [3.8, 4) is 11.8 Å². The third-order valence-electron chi connectivity index (χ3n) is 1.73. The van der Waals surface area contributed by atoms with Gasteiger partial charge in [0.25, 0.3) is 11.9 Å². The van der Waals surface area contributed by atoms with Gasteiger partial charge < -0.3 is 5.32 Å². The van der Waals surface area contributed by atoms with Gasteiger partial charge in [0.15, 0.2) is 0 Å². The molecule has 1 N–H and O–H groups in total. The highest BCUT2D eigenvalue weighted by atomic mass is 19.2. The molecule has 0 saturated carbocycles. The number of anilines is 1. The first kappa shape index (κ1) is 12.3. The van der Waals surface area contributed by atoms with E-state index in [1.165, 1.54) is 0 Å². The Bertz CT molecular complexity index is 422. The Morgan fingerprint density at radius 3 is 2.19 bits per heavy atom. The third kappa shape index (κ3) is 2.63. The van der Waals surface area contributed by atoms with Crippen LogP contribution in [0.1, 0.15) is 13.3 Å². The molecule has 0 radical (unpaired) electrons. The predicted octanol–water partition coefficient (Wildman–Crippen LogP) is 2.46. The second-order valence-corrected chi connectivity index (χ2v) is 2.80. The lowest BCUT2D eigenvalue weighted by molar-refractivity contribution is 0.410. The molecule has 6 heteroatoms. The van der Waals surface area contributed by atoms with Crippen LogP contribution in [0.2, 0.25) is 0 Å². The Labute approximate surface area is 89.7 Å². The largest absolute Gasteiger partial charge is 0.379 e. The molecule has 2 nitrogen and oxygen atoms in total. The molecule has 16 heavy (non-hydrogen) atoms. The van der Waals surface area contributed by atoms with Crippen molar-refractivity contribution in [1.29, 1.82) is 0 Å². The van der Waals surface area contributed by atoms with Crippen LogP contribution in [-0.2, 0) is 0 Å². The lowest BCUT2D eigenvalue weighted by atomic mass is 10.3. The van der Waals surface area contributed by atoms with Crippen LogP contribution in [0.25, 0.3) is 0 Å². The van der Waals surface area contributed by atoms with Crippen LogP contribution >= 0.6 is 0 Å². The number of hydrogen-bond donors (Lipinski definition) is 1. The maximum atomic E-state index is 13.0. The Hall–Kier alpha value is -1.77. The standard InChI is InChI=1S/C10H8F4N2/c1-2-3-4-5-15-8-6(11)9(13)16-10(14)7(8)12/h4-5H2,1H3,(H,15,16). The number of nitrogens with one attached hydrogen (secondary N) is 1. The Morgan fingerprint density at radius 2 is 1.69 bits per heavy atom. The van der Waals surface area contributed by atoms with E-state index in [9.17, 15) is 17.6 Å². The Balaban J connectivity index is 2.88. The first-order chi connectivity index (χ1) is 7.57. The molecule has 0 fully saturated rings. The van der Waals surface area contributed by atoms with Gasteiger partial charge in [-0.2, -0.15) is 22.5 Å². The molecule has 1 aromatic heterocycles. The molecule has 0 aromatic carbocycles. The number of pyridine rings is 1. The van der Waals surface area contributed by atoms with Crippen molar-refractivity contribution in [2.75, 3.05) is 11.9 Å². The molecule has 0 amide bonds. The highest BCUT2D eigenvalue weighted by Gasteiger charge is 2.19. The van der Waals surface area contributed by atoms with Crippen LogP contribution < -0.4 is 5.32 Å². The molecule has 1 rings (SSSR count). The number of rotatable bonds is 3. The lowest BCUT2D eigenvalue weighted by Gasteiger charge is -2.07. The third-order valence-corrected chi connectivity index (χ3v) is 1.73. The van der Waals surface area contributed by atoms with Crippen LogP contribution in [0.15, 0.2) is 0 Å². The number of aromatic nitrogens is 1. The van der Waals surface area contributed by atoms with Crippen LogP contribution in [0.4, 0.5) is 23.2 Å². The minimum atomic E-state index is -1.68. The molecule has 0 aliphatic carbocycles. The van der Waals surface area contributed by atoms with Gasteiger partial charge in [-0.1, -0.05) is 0 Å². The fraction of sp³-hybridized carbons (Fsp3) is 0.300. The maximum absolute atomic E-state index is 13.0. The molecule has 0 unspecified atom stereocenters. The molecule has 1 aromatic rings. The minimum Gasteiger partial charge on any atom is -0.379 e.